The summed E-state index contributed by atoms with van der Waals surface area (Å²) in [7, 11) is -2.69. The highest BCUT2D eigenvalue weighted by Gasteiger charge is 2.69. The second-order valence-corrected chi connectivity index (χ2v) is 37.0. The van der Waals surface area contributed by atoms with E-state index in [-0.39, 0.29) is 108 Å². The molecule has 1 aromatic rings. The standard InChI is InChI=1S/C59H91BrO14Si2/c1-35-27-40(21-18-26-61)66-46(37(35)3)32-47-44(50(64-10)48(69-47)31-43(74-76(13,14)58(7,8)9)34-65-75(11,12)57(4,5)6)30-39(62)29-41-22-23-45-51(67-41)55-54-53(70-45)52-49(71-54)33-59(72-52,73-55)25-24-42(28-36(2)60)68-56(63)38-19-16-15-17-20-38/h15-17,19-20,26,35,40-55H,2-3,18,21-25,27-34H2,1,4-14H3/t35?,40?,41?,42-,43?,44?,45?,46?,47-,48+,49?,50+,51-,52?,53-,54?,55?,59-/m0/s1. The van der Waals surface area contributed by atoms with Crippen LogP contribution in [0.15, 0.2) is 53.5 Å². The molecule has 14 nitrogen and oxygen atoms in total. The van der Waals surface area contributed by atoms with Crippen molar-refractivity contribution in [1.82, 2.24) is 0 Å². The number of Topliss-reactive ketones (excluding diaryl/α,β-unsaturated/α-hetero) is 1. The first kappa shape index (κ1) is 60.1. The SMILES string of the molecule is C=C(Br)C[C@H](CC[C@@]12CC3OC4C(O1)[C@H]1OC(CC(=O)CC5[C@H](CC6OC(CCC=O)CC(C)C6=C)O[C@H](CC(CO[Si](C)(C)C(C)(C)C)O[Si](C)(C)C(C)(C)C)[C@@H]5OC)CCC1O[C@H]4C3O2)OC(=O)c1ccccc1. The van der Waals surface area contributed by atoms with Crippen molar-refractivity contribution >= 4 is 50.6 Å². The zero-order valence-electron chi connectivity index (χ0n) is 47.7. The molecule has 0 saturated carbocycles. The highest BCUT2D eigenvalue weighted by molar-refractivity contribution is 9.11. The van der Waals surface area contributed by atoms with Gasteiger partial charge in [0.1, 0.15) is 48.7 Å². The van der Waals surface area contributed by atoms with Crippen molar-refractivity contribution < 1.29 is 65.9 Å². The minimum absolute atomic E-state index is 0.0189. The van der Waals surface area contributed by atoms with E-state index in [0.717, 1.165) is 22.8 Å². The lowest BCUT2D eigenvalue weighted by Crippen LogP contribution is -2.61. The van der Waals surface area contributed by atoms with E-state index in [9.17, 15) is 14.4 Å². The fourth-order valence-electron chi connectivity index (χ4n) is 12.4. The molecule has 8 fully saturated rings. The van der Waals surface area contributed by atoms with Gasteiger partial charge in [0.15, 0.2) is 22.4 Å². The van der Waals surface area contributed by atoms with Crippen LogP contribution in [0.25, 0.3) is 0 Å². The molecule has 18 atom stereocenters. The number of benzene rings is 1. The number of carbonyl (C=O) groups is 3. The molecule has 8 aliphatic rings. The summed E-state index contributed by atoms with van der Waals surface area (Å²) < 4.78 is 75.6. The van der Waals surface area contributed by atoms with Crippen LogP contribution in [0.4, 0.5) is 0 Å². The van der Waals surface area contributed by atoms with Crippen LogP contribution in [-0.2, 0) is 61.1 Å². The highest BCUT2D eigenvalue weighted by Crippen LogP contribution is 2.54. The van der Waals surface area contributed by atoms with Crippen molar-refractivity contribution in [3.8, 4) is 0 Å². The average Bonchev–Trinajstić information content (AvgIpc) is 3.92. The molecule has 8 saturated heterocycles. The predicted octanol–water partition coefficient (Wildman–Crippen LogP) is 11.5. The molecule has 1 aromatic carbocycles. The number of ketones is 1. The smallest absolute Gasteiger partial charge is 0.338 e. The number of rotatable bonds is 24. The van der Waals surface area contributed by atoms with Crippen LogP contribution in [-0.4, -0.2) is 146 Å². The normalized spacial score (nSPS) is 36.1. The Labute approximate surface area is 464 Å². The quantitative estimate of drug-likeness (QED) is 0.0417. The molecule has 0 N–H and O–H groups in total. The fourth-order valence-corrected chi connectivity index (χ4v) is 15.1. The van der Waals surface area contributed by atoms with Gasteiger partial charge in [-0.3, -0.25) is 4.79 Å². The van der Waals surface area contributed by atoms with E-state index in [1.807, 2.05) is 18.2 Å². The van der Waals surface area contributed by atoms with Gasteiger partial charge < -0.3 is 56.3 Å². The Hall–Kier alpha value is -1.98. The maximum Gasteiger partial charge on any atom is 0.338 e. The molecule has 8 aliphatic heterocycles. The molecule has 0 aromatic heterocycles. The number of hydrogen-bond acceptors (Lipinski definition) is 14. The zero-order valence-corrected chi connectivity index (χ0v) is 51.3. The average molecular weight is 1160 g/mol. The van der Waals surface area contributed by atoms with E-state index in [4.69, 9.17) is 51.5 Å². The zero-order chi connectivity index (χ0) is 55.1. The second kappa shape index (κ2) is 24.2. The van der Waals surface area contributed by atoms with Crippen LogP contribution in [0.2, 0.25) is 36.3 Å². The summed E-state index contributed by atoms with van der Waals surface area (Å²) in [6, 6.07) is 8.99. The largest absolute Gasteiger partial charge is 0.458 e. The molecule has 0 amide bonds. The molecule has 426 valence electrons. The third-order valence-corrected chi connectivity index (χ3v) is 28.0. The molecule has 6 bridgehead atoms. The number of esters is 1. The molecule has 0 aliphatic carbocycles. The summed E-state index contributed by atoms with van der Waals surface area (Å²) in [6.45, 7) is 33.8. The summed E-state index contributed by atoms with van der Waals surface area (Å²) in [4.78, 5) is 39.4. The first-order valence-corrected chi connectivity index (χ1v) is 35.0. The molecule has 8 heterocycles. The van der Waals surface area contributed by atoms with Crippen LogP contribution in [0.5, 0.6) is 0 Å². The number of fused-ring (bicyclic) bond motifs is 1. The van der Waals surface area contributed by atoms with Crippen molar-refractivity contribution in [2.75, 3.05) is 13.7 Å². The van der Waals surface area contributed by atoms with E-state index >= 15 is 0 Å². The molecule has 0 spiro atoms. The third kappa shape index (κ3) is 13.7. The van der Waals surface area contributed by atoms with Crippen molar-refractivity contribution in [2.45, 2.75) is 266 Å². The molecular weight excluding hydrogens is 1070 g/mol. The van der Waals surface area contributed by atoms with Gasteiger partial charge in [0.05, 0.1) is 67.1 Å². The van der Waals surface area contributed by atoms with Crippen LogP contribution < -0.4 is 0 Å². The third-order valence-electron chi connectivity index (χ3n) is 18.7. The second-order valence-electron chi connectivity index (χ2n) is 26.3. The number of methoxy groups -OCH3 is 1. The van der Waals surface area contributed by atoms with E-state index < -0.39 is 52.8 Å². The van der Waals surface area contributed by atoms with Crippen LogP contribution in [0, 0.1) is 11.8 Å². The van der Waals surface area contributed by atoms with Crippen LogP contribution in [0.3, 0.4) is 0 Å². The van der Waals surface area contributed by atoms with Crippen molar-refractivity contribution in [2.24, 2.45) is 11.8 Å². The van der Waals surface area contributed by atoms with Gasteiger partial charge in [-0.1, -0.05) is 95.8 Å². The number of hydrogen-bond donors (Lipinski definition) is 0. The minimum atomic E-state index is -2.27. The van der Waals surface area contributed by atoms with Crippen molar-refractivity contribution in [3.05, 3.63) is 59.1 Å². The van der Waals surface area contributed by atoms with Gasteiger partial charge in [0.25, 0.3) is 0 Å². The topological polar surface area (TPSA) is 153 Å². The monoisotopic (exact) mass is 1160 g/mol. The van der Waals surface area contributed by atoms with Gasteiger partial charge in [-0.15, -0.1) is 0 Å². The summed E-state index contributed by atoms with van der Waals surface area (Å²) in [5.74, 6) is -1.40. The van der Waals surface area contributed by atoms with E-state index in [1.165, 1.54) is 0 Å². The Morgan fingerprint density at radius 1 is 0.842 bits per heavy atom. The molecular formula is C59H91BrO14Si2. The van der Waals surface area contributed by atoms with Crippen LogP contribution in [0.1, 0.15) is 142 Å². The van der Waals surface area contributed by atoms with Crippen LogP contribution >= 0.6 is 15.9 Å². The number of halogens is 1. The Kier molecular flexibility index (Phi) is 19.2. The summed E-state index contributed by atoms with van der Waals surface area (Å²) in [6.07, 6.45) is 2.60. The van der Waals surface area contributed by atoms with E-state index in [0.29, 0.717) is 76.4 Å². The van der Waals surface area contributed by atoms with E-state index in [2.05, 4.69) is 104 Å². The number of aldehydes is 1. The molecule has 11 unspecified atom stereocenters. The van der Waals surface area contributed by atoms with Gasteiger partial charge in [0.2, 0.25) is 0 Å². The van der Waals surface area contributed by atoms with Gasteiger partial charge in [-0.05, 0) is 96.5 Å². The van der Waals surface area contributed by atoms with Gasteiger partial charge in [0, 0.05) is 64.4 Å². The Morgan fingerprint density at radius 3 is 2.20 bits per heavy atom. The van der Waals surface area contributed by atoms with Crippen molar-refractivity contribution in [1.29, 1.82) is 0 Å². The predicted molar refractivity (Wildman–Crippen MR) is 298 cm³/mol. The number of carbonyl (C=O) groups excluding carboxylic acids is 3. The number of ether oxygens (including phenoxy) is 9. The highest BCUT2D eigenvalue weighted by atomic mass is 79.9. The van der Waals surface area contributed by atoms with Gasteiger partial charge in [-0.25, -0.2) is 4.79 Å². The lowest BCUT2D eigenvalue weighted by molar-refractivity contribution is -0.292. The Balaban J connectivity index is 0.980. The van der Waals surface area contributed by atoms with Gasteiger partial charge in [-0.2, -0.15) is 0 Å². The summed E-state index contributed by atoms with van der Waals surface area (Å²) >= 11 is 3.50. The first-order chi connectivity index (χ1) is 35.7. The molecule has 76 heavy (non-hydrogen) atoms. The van der Waals surface area contributed by atoms with Gasteiger partial charge >= 0.3 is 5.97 Å². The molecule has 0 radical (unpaired) electrons. The lowest BCUT2D eigenvalue weighted by atomic mass is 9.81. The lowest BCUT2D eigenvalue weighted by Gasteiger charge is -2.47. The fraction of sp³-hybridized carbons (Fsp3) is 0.780. The van der Waals surface area contributed by atoms with Crippen molar-refractivity contribution in [3.63, 3.8) is 0 Å². The summed E-state index contributed by atoms with van der Waals surface area (Å²) in [5.41, 5.74) is 1.49. The van der Waals surface area contributed by atoms with E-state index in [1.54, 1.807) is 19.2 Å². The first-order valence-electron chi connectivity index (χ1n) is 28.4. The molecule has 9 rings (SSSR count). The molecule has 17 heteroatoms. The minimum Gasteiger partial charge on any atom is -0.458 e. The summed E-state index contributed by atoms with van der Waals surface area (Å²) in [5, 5.41) is -0.0115. The Bertz CT molecular complexity index is 2200. The maximum atomic E-state index is 14.8. The Morgan fingerprint density at radius 2 is 1.53 bits per heavy atom. The maximum absolute atomic E-state index is 14.8.